The quantitative estimate of drug-likeness (QED) is 0.748. The Morgan fingerprint density at radius 1 is 1.12 bits per heavy atom. The lowest BCUT2D eigenvalue weighted by atomic mass is 10.3. The van der Waals surface area contributed by atoms with Crippen LogP contribution in [0.1, 0.15) is 5.56 Å². The SMILES string of the molecule is ClCc1cnccc1Oc1cc(Cl)cc(Cl)c1. The van der Waals surface area contributed by atoms with Crippen LogP contribution in [-0.4, -0.2) is 4.98 Å². The van der Waals surface area contributed by atoms with Crippen molar-refractivity contribution in [1.82, 2.24) is 4.98 Å². The number of nitrogens with zero attached hydrogens (tertiary/aromatic N) is 1. The molecule has 5 heteroatoms. The number of alkyl halides is 1. The van der Waals surface area contributed by atoms with Gasteiger partial charge in [0.1, 0.15) is 11.5 Å². The minimum Gasteiger partial charge on any atom is -0.457 e. The van der Waals surface area contributed by atoms with Crippen LogP contribution in [0.2, 0.25) is 10.0 Å². The van der Waals surface area contributed by atoms with Gasteiger partial charge < -0.3 is 4.74 Å². The van der Waals surface area contributed by atoms with Crippen LogP contribution in [-0.2, 0) is 5.88 Å². The van der Waals surface area contributed by atoms with Gasteiger partial charge in [-0.2, -0.15) is 0 Å². The molecule has 2 aromatic rings. The normalized spacial score (nSPS) is 10.3. The van der Waals surface area contributed by atoms with Gasteiger partial charge in [0.2, 0.25) is 0 Å². The van der Waals surface area contributed by atoms with Gasteiger partial charge in [0.25, 0.3) is 0 Å². The Kier molecular flexibility index (Phi) is 4.11. The van der Waals surface area contributed by atoms with E-state index in [0.29, 0.717) is 27.4 Å². The Morgan fingerprint density at radius 3 is 2.47 bits per heavy atom. The van der Waals surface area contributed by atoms with E-state index in [9.17, 15) is 0 Å². The Bertz CT molecular complexity index is 511. The molecule has 1 aromatic heterocycles. The molecule has 0 saturated carbocycles. The van der Waals surface area contributed by atoms with Crippen molar-refractivity contribution in [3.05, 3.63) is 52.3 Å². The first-order valence-corrected chi connectivity index (χ1v) is 6.11. The van der Waals surface area contributed by atoms with E-state index in [1.54, 1.807) is 36.7 Å². The van der Waals surface area contributed by atoms with Crippen LogP contribution in [0.5, 0.6) is 11.5 Å². The topological polar surface area (TPSA) is 22.1 Å². The zero-order valence-corrected chi connectivity index (χ0v) is 10.9. The number of rotatable bonds is 3. The molecule has 0 unspecified atom stereocenters. The van der Waals surface area contributed by atoms with E-state index >= 15 is 0 Å². The summed E-state index contributed by atoms with van der Waals surface area (Å²) in [6.45, 7) is 0. The lowest BCUT2D eigenvalue weighted by Crippen LogP contribution is -1.90. The maximum Gasteiger partial charge on any atom is 0.134 e. The summed E-state index contributed by atoms with van der Waals surface area (Å²) in [6, 6.07) is 6.76. The van der Waals surface area contributed by atoms with Gasteiger partial charge in [-0.05, 0) is 24.3 Å². The van der Waals surface area contributed by atoms with Gasteiger partial charge in [-0.25, -0.2) is 0 Å². The molecule has 0 fully saturated rings. The highest BCUT2D eigenvalue weighted by Crippen LogP contribution is 2.30. The number of pyridine rings is 1. The molecule has 0 aliphatic heterocycles. The van der Waals surface area contributed by atoms with Crippen LogP contribution in [0.15, 0.2) is 36.7 Å². The lowest BCUT2D eigenvalue weighted by molar-refractivity contribution is 0.477. The number of hydrogen-bond acceptors (Lipinski definition) is 2. The van der Waals surface area contributed by atoms with Crippen LogP contribution >= 0.6 is 34.8 Å². The van der Waals surface area contributed by atoms with Crippen LogP contribution in [0.3, 0.4) is 0 Å². The monoisotopic (exact) mass is 287 g/mol. The van der Waals surface area contributed by atoms with E-state index in [-0.39, 0.29) is 0 Å². The third kappa shape index (κ3) is 3.25. The fourth-order valence-corrected chi connectivity index (χ4v) is 2.04. The molecular weight excluding hydrogens is 280 g/mol. The highest BCUT2D eigenvalue weighted by atomic mass is 35.5. The number of aromatic nitrogens is 1. The second-order valence-corrected chi connectivity index (χ2v) is 4.46. The average molecular weight is 289 g/mol. The minimum atomic E-state index is 0.331. The zero-order valence-electron chi connectivity index (χ0n) is 8.66. The molecule has 0 spiro atoms. The molecular formula is C12H8Cl3NO. The van der Waals surface area contributed by atoms with Crippen molar-refractivity contribution in [3.8, 4) is 11.5 Å². The molecule has 0 bridgehead atoms. The summed E-state index contributed by atoms with van der Waals surface area (Å²) in [5.41, 5.74) is 0.810. The molecule has 0 atom stereocenters. The molecule has 1 aromatic carbocycles. The maximum absolute atomic E-state index is 5.89. The molecule has 17 heavy (non-hydrogen) atoms. The third-order valence-corrected chi connectivity index (χ3v) is 2.79. The molecule has 1 heterocycles. The number of halogens is 3. The molecule has 0 amide bonds. The van der Waals surface area contributed by atoms with Crippen LogP contribution in [0.4, 0.5) is 0 Å². The zero-order chi connectivity index (χ0) is 12.3. The Balaban J connectivity index is 2.31. The molecule has 0 N–H and O–H groups in total. The summed E-state index contributed by atoms with van der Waals surface area (Å²) < 4.78 is 5.67. The summed E-state index contributed by atoms with van der Waals surface area (Å²) in [5, 5.41) is 1.04. The molecule has 88 valence electrons. The molecule has 2 rings (SSSR count). The van der Waals surface area contributed by atoms with Gasteiger partial charge >= 0.3 is 0 Å². The van der Waals surface area contributed by atoms with Gasteiger partial charge in [0.05, 0.1) is 5.88 Å². The van der Waals surface area contributed by atoms with Crippen LogP contribution < -0.4 is 4.74 Å². The van der Waals surface area contributed by atoms with E-state index in [1.807, 2.05) is 0 Å². The highest BCUT2D eigenvalue weighted by molar-refractivity contribution is 6.34. The number of ether oxygens (including phenoxy) is 1. The predicted molar refractivity (Wildman–Crippen MR) is 70.3 cm³/mol. The second kappa shape index (κ2) is 5.58. The summed E-state index contributed by atoms with van der Waals surface area (Å²) in [7, 11) is 0. The van der Waals surface area contributed by atoms with Gasteiger partial charge in [0, 0.05) is 28.0 Å². The fourth-order valence-electron chi connectivity index (χ4n) is 1.33. The van der Waals surface area contributed by atoms with Crippen LogP contribution in [0.25, 0.3) is 0 Å². The van der Waals surface area contributed by atoms with Crippen molar-refractivity contribution in [2.24, 2.45) is 0 Å². The lowest BCUT2D eigenvalue weighted by Gasteiger charge is -2.09. The largest absolute Gasteiger partial charge is 0.457 e. The van der Waals surface area contributed by atoms with Crippen molar-refractivity contribution in [1.29, 1.82) is 0 Å². The van der Waals surface area contributed by atoms with Crippen LogP contribution in [0, 0.1) is 0 Å². The molecule has 0 aliphatic carbocycles. The predicted octanol–water partition coefficient (Wildman–Crippen LogP) is 4.92. The summed E-state index contributed by atoms with van der Waals surface area (Å²) in [6.07, 6.45) is 3.30. The van der Waals surface area contributed by atoms with Gasteiger partial charge in [-0.3, -0.25) is 4.98 Å². The van der Waals surface area contributed by atoms with Crippen molar-refractivity contribution in [2.75, 3.05) is 0 Å². The smallest absolute Gasteiger partial charge is 0.134 e. The van der Waals surface area contributed by atoms with Gasteiger partial charge in [-0.1, -0.05) is 23.2 Å². The number of hydrogen-bond donors (Lipinski definition) is 0. The molecule has 0 radical (unpaired) electrons. The van der Waals surface area contributed by atoms with E-state index in [2.05, 4.69) is 4.98 Å². The molecule has 0 saturated heterocycles. The Labute approximate surface area is 114 Å². The van der Waals surface area contributed by atoms with Crippen molar-refractivity contribution < 1.29 is 4.74 Å². The summed E-state index contributed by atoms with van der Waals surface area (Å²) in [4.78, 5) is 3.98. The van der Waals surface area contributed by atoms with E-state index in [0.717, 1.165) is 5.56 Å². The highest BCUT2D eigenvalue weighted by Gasteiger charge is 2.05. The summed E-state index contributed by atoms with van der Waals surface area (Å²) >= 11 is 17.6. The minimum absolute atomic E-state index is 0.331. The first-order chi connectivity index (χ1) is 8.19. The van der Waals surface area contributed by atoms with Gasteiger partial charge in [-0.15, -0.1) is 11.6 Å². The Hall–Kier alpha value is -0.960. The first-order valence-electron chi connectivity index (χ1n) is 4.82. The van der Waals surface area contributed by atoms with Crippen molar-refractivity contribution >= 4 is 34.8 Å². The van der Waals surface area contributed by atoms with E-state index in [1.165, 1.54) is 0 Å². The van der Waals surface area contributed by atoms with Crippen molar-refractivity contribution in [3.63, 3.8) is 0 Å². The fraction of sp³-hybridized carbons (Fsp3) is 0.0833. The molecule has 2 nitrogen and oxygen atoms in total. The third-order valence-electron chi connectivity index (χ3n) is 2.07. The van der Waals surface area contributed by atoms with Gasteiger partial charge in [0.15, 0.2) is 0 Å². The van der Waals surface area contributed by atoms with E-state index in [4.69, 9.17) is 39.5 Å². The molecule has 0 aliphatic rings. The number of benzene rings is 1. The van der Waals surface area contributed by atoms with E-state index < -0.39 is 0 Å². The summed E-state index contributed by atoms with van der Waals surface area (Å²) in [5.74, 6) is 1.55. The Morgan fingerprint density at radius 2 is 1.82 bits per heavy atom. The maximum atomic E-state index is 5.89. The van der Waals surface area contributed by atoms with Crippen molar-refractivity contribution in [2.45, 2.75) is 5.88 Å². The standard InChI is InChI=1S/C12H8Cl3NO/c13-6-8-7-16-2-1-12(8)17-11-4-9(14)3-10(15)5-11/h1-5,7H,6H2. The second-order valence-electron chi connectivity index (χ2n) is 3.32. The first kappa shape index (κ1) is 12.5. The average Bonchev–Trinajstić information content (AvgIpc) is 2.28.